The van der Waals surface area contributed by atoms with Crippen LogP contribution in [-0.4, -0.2) is 31.5 Å². The molecule has 0 bridgehead atoms. The van der Waals surface area contributed by atoms with E-state index in [0.29, 0.717) is 6.42 Å². The first kappa shape index (κ1) is 19.6. The molecule has 0 saturated heterocycles. The van der Waals surface area contributed by atoms with E-state index in [1.54, 1.807) is 11.3 Å². The van der Waals surface area contributed by atoms with Gasteiger partial charge in [-0.15, -0.1) is 21.5 Å². The molecule has 1 unspecified atom stereocenters. The standard InChI is InChI=1S/C20H24N4OS2/c1-14(18(25)21-20(2,3)4)27-19-23-22-17(13-16-11-8-12-26-16)24(19)15-9-6-5-7-10-15/h5-12,14H,13H2,1-4H3,(H,21,25). The highest BCUT2D eigenvalue weighted by Gasteiger charge is 2.24. The van der Waals surface area contributed by atoms with Gasteiger partial charge in [0.2, 0.25) is 5.91 Å². The van der Waals surface area contributed by atoms with Crippen LogP contribution in [-0.2, 0) is 11.2 Å². The average molecular weight is 401 g/mol. The Hall–Kier alpha value is -2.12. The number of hydrogen-bond acceptors (Lipinski definition) is 5. The van der Waals surface area contributed by atoms with Gasteiger partial charge in [0.1, 0.15) is 5.82 Å². The molecule has 0 aliphatic carbocycles. The lowest BCUT2D eigenvalue weighted by Crippen LogP contribution is -2.44. The SMILES string of the molecule is CC(Sc1nnc(Cc2cccs2)n1-c1ccccc1)C(=O)NC(C)(C)C. The molecule has 142 valence electrons. The Bertz CT molecular complexity index is 883. The Kier molecular flexibility index (Phi) is 6.01. The predicted octanol–water partition coefficient (Wildman–Crippen LogP) is 4.31. The van der Waals surface area contributed by atoms with Gasteiger partial charge in [0.15, 0.2) is 5.16 Å². The van der Waals surface area contributed by atoms with E-state index < -0.39 is 0 Å². The molecule has 0 spiro atoms. The van der Waals surface area contributed by atoms with Crippen molar-refractivity contribution >= 4 is 29.0 Å². The van der Waals surface area contributed by atoms with E-state index in [1.807, 2.05) is 68.7 Å². The minimum atomic E-state index is -0.273. The Balaban J connectivity index is 1.89. The molecule has 3 aromatic rings. The van der Waals surface area contributed by atoms with Crippen molar-refractivity contribution in [3.63, 3.8) is 0 Å². The second kappa shape index (κ2) is 8.27. The minimum Gasteiger partial charge on any atom is -0.351 e. The van der Waals surface area contributed by atoms with E-state index >= 15 is 0 Å². The molecule has 27 heavy (non-hydrogen) atoms. The zero-order valence-corrected chi connectivity index (χ0v) is 17.6. The molecule has 3 rings (SSSR count). The molecule has 5 nitrogen and oxygen atoms in total. The fraction of sp³-hybridized carbons (Fsp3) is 0.350. The van der Waals surface area contributed by atoms with Crippen LogP contribution in [0.3, 0.4) is 0 Å². The molecular weight excluding hydrogens is 376 g/mol. The van der Waals surface area contributed by atoms with Crippen LogP contribution in [0.15, 0.2) is 53.0 Å². The van der Waals surface area contributed by atoms with Crippen LogP contribution < -0.4 is 5.32 Å². The van der Waals surface area contributed by atoms with Crippen molar-refractivity contribution in [2.24, 2.45) is 0 Å². The Morgan fingerprint density at radius 1 is 1.19 bits per heavy atom. The van der Waals surface area contributed by atoms with Crippen molar-refractivity contribution in [1.82, 2.24) is 20.1 Å². The van der Waals surface area contributed by atoms with Crippen LogP contribution in [0.5, 0.6) is 0 Å². The van der Waals surface area contributed by atoms with Gasteiger partial charge in [0.25, 0.3) is 0 Å². The van der Waals surface area contributed by atoms with Crippen LogP contribution in [0.2, 0.25) is 0 Å². The maximum absolute atomic E-state index is 12.5. The van der Waals surface area contributed by atoms with Gasteiger partial charge in [-0.25, -0.2) is 0 Å². The fourth-order valence-electron chi connectivity index (χ4n) is 2.58. The smallest absolute Gasteiger partial charge is 0.233 e. The van der Waals surface area contributed by atoms with Crippen molar-refractivity contribution in [3.05, 3.63) is 58.5 Å². The molecule has 1 atom stereocenters. The molecule has 7 heteroatoms. The number of hydrogen-bond donors (Lipinski definition) is 1. The van der Waals surface area contributed by atoms with E-state index in [2.05, 4.69) is 27.0 Å². The maximum atomic E-state index is 12.5. The highest BCUT2D eigenvalue weighted by atomic mass is 32.2. The highest BCUT2D eigenvalue weighted by Crippen LogP contribution is 2.27. The summed E-state index contributed by atoms with van der Waals surface area (Å²) in [4.78, 5) is 13.7. The molecule has 0 aliphatic rings. The Morgan fingerprint density at radius 3 is 2.56 bits per heavy atom. The maximum Gasteiger partial charge on any atom is 0.233 e. The molecule has 2 heterocycles. The number of carbonyl (C=O) groups excluding carboxylic acids is 1. The number of benzene rings is 1. The zero-order chi connectivity index (χ0) is 19.4. The van der Waals surface area contributed by atoms with E-state index in [-0.39, 0.29) is 16.7 Å². The molecule has 0 fully saturated rings. The number of amides is 1. The molecular formula is C20H24N4OS2. The van der Waals surface area contributed by atoms with E-state index in [1.165, 1.54) is 16.6 Å². The number of nitrogens with one attached hydrogen (secondary N) is 1. The first-order chi connectivity index (χ1) is 12.8. The lowest BCUT2D eigenvalue weighted by molar-refractivity contribution is -0.121. The van der Waals surface area contributed by atoms with Crippen LogP contribution in [0, 0.1) is 0 Å². The van der Waals surface area contributed by atoms with Gasteiger partial charge in [-0.05, 0) is 51.3 Å². The highest BCUT2D eigenvalue weighted by molar-refractivity contribution is 8.00. The topological polar surface area (TPSA) is 59.8 Å². The molecule has 0 aliphatic heterocycles. The van der Waals surface area contributed by atoms with Crippen molar-refractivity contribution in [1.29, 1.82) is 0 Å². The lowest BCUT2D eigenvalue weighted by Gasteiger charge is -2.23. The summed E-state index contributed by atoms with van der Waals surface area (Å²) in [6, 6.07) is 14.2. The Morgan fingerprint density at radius 2 is 1.93 bits per heavy atom. The summed E-state index contributed by atoms with van der Waals surface area (Å²) in [5.41, 5.74) is 0.739. The van der Waals surface area contributed by atoms with Crippen molar-refractivity contribution in [2.75, 3.05) is 0 Å². The molecule has 2 aromatic heterocycles. The van der Waals surface area contributed by atoms with Gasteiger partial charge in [0, 0.05) is 22.5 Å². The number of carbonyl (C=O) groups is 1. The van der Waals surface area contributed by atoms with Crippen LogP contribution in [0.25, 0.3) is 5.69 Å². The van der Waals surface area contributed by atoms with E-state index in [4.69, 9.17) is 0 Å². The lowest BCUT2D eigenvalue weighted by atomic mass is 10.1. The molecule has 0 saturated carbocycles. The second-order valence-electron chi connectivity index (χ2n) is 7.33. The fourth-order valence-corrected chi connectivity index (χ4v) is 4.17. The van der Waals surface area contributed by atoms with E-state index in [9.17, 15) is 4.79 Å². The summed E-state index contributed by atoms with van der Waals surface area (Å²) in [5, 5.41) is 14.4. The number of para-hydroxylation sites is 1. The number of rotatable bonds is 6. The van der Waals surface area contributed by atoms with Crippen LogP contribution in [0.4, 0.5) is 0 Å². The van der Waals surface area contributed by atoms with Gasteiger partial charge in [-0.1, -0.05) is 36.0 Å². The number of thioether (sulfide) groups is 1. The molecule has 1 amide bonds. The third-order valence-corrected chi connectivity index (χ3v) is 5.70. The predicted molar refractivity (Wildman–Crippen MR) is 112 cm³/mol. The van der Waals surface area contributed by atoms with Crippen LogP contribution >= 0.6 is 23.1 Å². The number of aromatic nitrogens is 3. The quantitative estimate of drug-likeness (QED) is 0.626. The average Bonchev–Trinajstić information content (AvgIpc) is 3.25. The van der Waals surface area contributed by atoms with Gasteiger partial charge in [-0.2, -0.15) is 0 Å². The molecule has 0 radical (unpaired) electrons. The monoisotopic (exact) mass is 400 g/mol. The van der Waals surface area contributed by atoms with Gasteiger partial charge < -0.3 is 5.32 Å². The van der Waals surface area contributed by atoms with Gasteiger partial charge in [-0.3, -0.25) is 9.36 Å². The van der Waals surface area contributed by atoms with Crippen molar-refractivity contribution < 1.29 is 4.79 Å². The second-order valence-corrected chi connectivity index (χ2v) is 9.67. The zero-order valence-electron chi connectivity index (χ0n) is 16.0. The third-order valence-electron chi connectivity index (χ3n) is 3.78. The summed E-state index contributed by atoms with van der Waals surface area (Å²) in [7, 11) is 0. The number of nitrogens with zero attached hydrogens (tertiary/aromatic N) is 3. The van der Waals surface area contributed by atoms with Gasteiger partial charge >= 0.3 is 0 Å². The Labute approximate surface area is 168 Å². The summed E-state index contributed by atoms with van der Waals surface area (Å²) in [5.74, 6) is 0.865. The van der Waals surface area contributed by atoms with E-state index in [0.717, 1.165) is 16.7 Å². The van der Waals surface area contributed by atoms with Crippen molar-refractivity contribution in [2.45, 2.75) is 50.1 Å². The van der Waals surface area contributed by atoms with Gasteiger partial charge in [0.05, 0.1) is 5.25 Å². The first-order valence-electron chi connectivity index (χ1n) is 8.84. The summed E-state index contributed by atoms with van der Waals surface area (Å²) in [6.07, 6.45) is 0.711. The summed E-state index contributed by atoms with van der Waals surface area (Å²) >= 11 is 3.13. The minimum absolute atomic E-state index is 0.00471. The normalized spacial score (nSPS) is 12.7. The summed E-state index contributed by atoms with van der Waals surface area (Å²) < 4.78 is 2.05. The third kappa shape index (κ3) is 5.20. The summed E-state index contributed by atoms with van der Waals surface area (Å²) in [6.45, 7) is 7.84. The van der Waals surface area contributed by atoms with Crippen LogP contribution in [0.1, 0.15) is 38.4 Å². The largest absolute Gasteiger partial charge is 0.351 e. The molecule has 1 N–H and O–H groups in total. The first-order valence-corrected chi connectivity index (χ1v) is 10.6. The number of thiophene rings is 1. The molecule has 1 aromatic carbocycles. The van der Waals surface area contributed by atoms with Crippen molar-refractivity contribution in [3.8, 4) is 5.69 Å².